The van der Waals surface area contributed by atoms with Crippen LogP contribution in [0.5, 0.6) is 0 Å². The van der Waals surface area contributed by atoms with Gasteiger partial charge in [0.05, 0.1) is 0 Å². The largest absolute Gasteiger partial charge is 0.314 e. The van der Waals surface area contributed by atoms with Gasteiger partial charge in [-0.1, -0.05) is 19.4 Å². The molecule has 2 atom stereocenters. The summed E-state index contributed by atoms with van der Waals surface area (Å²) in [6.45, 7) is 3.32. The maximum atomic E-state index is 3.58. The molecule has 2 unspecified atom stereocenters. The van der Waals surface area contributed by atoms with Gasteiger partial charge in [-0.25, -0.2) is 0 Å². The highest BCUT2D eigenvalue weighted by molar-refractivity contribution is 7.10. The average Bonchev–Trinajstić information content (AvgIpc) is 2.71. The highest BCUT2D eigenvalue weighted by Crippen LogP contribution is 2.34. The molecular formula is C12H19NS. The molecule has 1 aliphatic carbocycles. The normalized spacial score (nSPS) is 27.8. The van der Waals surface area contributed by atoms with Crippen LogP contribution in [0.2, 0.25) is 0 Å². The molecule has 14 heavy (non-hydrogen) atoms. The maximum Gasteiger partial charge on any atom is 0.00767 e. The Morgan fingerprint density at radius 2 is 2.43 bits per heavy atom. The number of hydrogen-bond acceptors (Lipinski definition) is 2. The lowest BCUT2D eigenvalue weighted by Crippen LogP contribution is -2.33. The van der Waals surface area contributed by atoms with Gasteiger partial charge in [-0.15, -0.1) is 11.3 Å². The van der Waals surface area contributed by atoms with E-state index < -0.39 is 0 Å². The van der Waals surface area contributed by atoms with E-state index in [-0.39, 0.29) is 0 Å². The first kappa shape index (κ1) is 10.2. The van der Waals surface area contributed by atoms with Crippen molar-refractivity contribution in [2.24, 2.45) is 0 Å². The fraction of sp³-hybridized carbons (Fsp3) is 0.667. The molecule has 1 N–H and O–H groups in total. The van der Waals surface area contributed by atoms with E-state index in [1.165, 1.54) is 25.7 Å². The Balaban J connectivity index is 1.94. The van der Waals surface area contributed by atoms with Gasteiger partial charge in [0, 0.05) is 10.9 Å². The minimum atomic E-state index is 0.765. The molecule has 1 fully saturated rings. The summed E-state index contributed by atoms with van der Waals surface area (Å²) < 4.78 is 0. The third kappa shape index (κ3) is 2.37. The van der Waals surface area contributed by atoms with Crippen molar-refractivity contribution in [3.8, 4) is 0 Å². The summed E-state index contributed by atoms with van der Waals surface area (Å²) in [6, 6.07) is 5.24. The van der Waals surface area contributed by atoms with Crippen molar-refractivity contribution < 1.29 is 0 Å². The molecule has 1 aromatic rings. The van der Waals surface area contributed by atoms with Crippen LogP contribution < -0.4 is 5.32 Å². The second kappa shape index (κ2) is 4.94. The van der Waals surface area contributed by atoms with Gasteiger partial charge in [-0.3, -0.25) is 0 Å². The van der Waals surface area contributed by atoms with Crippen LogP contribution in [0, 0.1) is 0 Å². The molecule has 0 spiro atoms. The molecular weight excluding hydrogens is 190 g/mol. The molecule has 0 amide bonds. The summed E-state index contributed by atoms with van der Waals surface area (Å²) in [5.74, 6) is 0.827. The molecule has 0 aromatic carbocycles. The second-order valence-corrected chi connectivity index (χ2v) is 5.11. The van der Waals surface area contributed by atoms with Crippen LogP contribution in [0.25, 0.3) is 0 Å². The van der Waals surface area contributed by atoms with E-state index in [0.29, 0.717) is 0 Å². The molecule has 78 valence electrons. The lowest BCUT2D eigenvalue weighted by atomic mass is 9.85. The van der Waals surface area contributed by atoms with Crippen LogP contribution in [0.1, 0.15) is 43.4 Å². The van der Waals surface area contributed by atoms with E-state index >= 15 is 0 Å². The Hall–Kier alpha value is -0.340. The summed E-state index contributed by atoms with van der Waals surface area (Å²) in [6.07, 6.45) is 5.49. The Labute approximate surface area is 90.5 Å². The van der Waals surface area contributed by atoms with E-state index in [1.54, 1.807) is 4.88 Å². The molecule has 0 saturated heterocycles. The number of thiophene rings is 1. The van der Waals surface area contributed by atoms with Crippen molar-refractivity contribution >= 4 is 11.3 Å². The van der Waals surface area contributed by atoms with E-state index in [1.807, 2.05) is 11.3 Å². The predicted molar refractivity (Wildman–Crippen MR) is 63.0 cm³/mol. The number of nitrogens with one attached hydrogen (secondary N) is 1. The molecule has 1 aromatic heterocycles. The van der Waals surface area contributed by atoms with Crippen LogP contribution in [0.4, 0.5) is 0 Å². The molecule has 0 aliphatic heterocycles. The fourth-order valence-corrected chi connectivity index (χ4v) is 3.32. The van der Waals surface area contributed by atoms with Gasteiger partial charge in [0.1, 0.15) is 0 Å². The van der Waals surface area contributed by atoms with Gasteiger partial charge >= 0.3 is 0 Å². The smallest absolute Gasteiger partial charge is 0.00767 e. The number of hydrogen-bond donors (Lipinski definition) is 1. The van der Waals surface area contributed by atoms with Crippen molar-refractivity contribution in [2.75, 3.05) is 6.54 Å². The van der Waals surface area contributed by atoms with Crippen LogP contribution >= 0.6 is 11.3 Å². The van der Waals surface area contributed by atoms with Crippen LogP contribution in [0.15, 0.2) is 17.5 Å². The van der Waals surface area contributed by atoms with Crippen molar-refractivity contribution in [3.63, 3.8) is 0 Å². The Morgan fingerprint density at radius 3 is 3.14 bits per heavy atom. The van der Waals surface area contributed by atoms with Crippen LogP contribution in [-0.4, -0.2) is 12.6 Å². The Morgan fingerprint density at radius 1 is 1.50 bits per heavy atom. The summed E-state index contributed by atoms with van der Waals surface area (Å²) >= 11 is 1.92. The van der Waals surface area contributed by atoms with Crippen molar-refractivity contribution in [3.05, 3.63) is 22.4 Å². The summed E-state index contributed by atoms with van der Waals surface area (Å²) in [5, 5.41) is 5.78. The third-order valence-corrected chi connectivity index (χ3v) is 4.15. The fourth-order valence-electron chi connectivity index (χ4n) is 2.45. The predicted octanol–water partition coefficient (Wildman–Crippen LogP) is 3.38. The van der Waals surface area contributed by atoms with Gasteiger partial charge in [-0.05, 0) is 43.2 Å². The maximum absolute atomic E-state index is 3.58. The van der Waals surface area contributed by atoms with Crippen LogP contribution in [-0.2, 0) is 0 Å². The average molecular weight is 209 g/mol. The molecule has 1 saturated carbocycles. The monoisotopic (exact) mass is 209 g/mol. The van der Waals surface area contributed by atoms with Crippen molar-refractivity contribution in [1.82, 2.24) is 5.32 Å². The minimum Gasteiger partial charge on any atom is -0.314 e. The zero-order chi connectivity index (χ0) is 9.80. The molecule has 2 heteroatoms. The van der Waals surface area contributed by atoms with Crippen LogP contribution in [0.3, 0.4) is 0 Å². The molecule has 1 nitrogen and oxygen atoms in total. The van der Waals surface area contributed by atoms with Crippen molar-refractivity contribution in [2.45, 2.75) is 44.6 Å². The van der Waals surface area contributed by atoms with E-state index in [2.05, 4.69) is 29.8 Å². The minimum absolute atomic E-state index is 0.765. The van der Waals surface area contributed by atoms with Gasteiger partial charge in [0.15, 0.2) is 0 Å². The molecule has 0 bridgehead atoms. The highest BCUT2D eigenvalue weighted by atomic mass is 32.1. The Kier molecular flexibility index (Phi) is 3.60. The second-order valence-electron chi connectivity index (χ2n) is 4.13. The first-order valence-electron chi connectivity index (χ1n) is 5.67. The zero-order valence-electron chi connectivity index (χ0n) is 8.83. The number of rotatable bonds is 3. The van der Waals surface area contributed by atoms with Gasteiger partial charge in [0.25, 0.3) is 0 Å². The lowest BCUT2D eigenvalue weighted by Gasteiger charge is -2.29. The highest BCUT2D eigenvalue weighted by Gasteiger charge is 2.22. The zero-order valence-corrected chi connectivity index (χ0v) is 9.65. The molecule has 1 aliphatic rings. The van der Waals surface area contributed by atoms with Gasteiger partial charge in [-0.2, -0.15) is 0 Å². The Bertz CT molecular complexity index is 253. The molecule has 1 heterocycles. The van der Waals surface area contributed by atoms with E-state index in [4.69, 9.17) is 0 Å². The quantitative estimate of drug-likeness (QED) is 0.804. The van der Waals surface area contributed by atoms with Gasteiger partial charge in [0.2, 0.25) is 0 Å². The SMILES string of the molecule is CCNC1CCCC(c2cccs2)C1. The first-order valence-corrected chi connectivity index (χ1v) is 6.55. The standard InChI is InChI=1S/C12H19NS/c1-2-13-11-6-3-5-10(9-11)12-7-4-8-14-12/h4,7-8,10-11,13H,2-3,5-6,9H2,1H3. The molecule has 0 radical (unpaired) electrons. The molecule has 2 rings (SSSR count). The topological polar surface area (TPSA) is 12.0 Å². The summed E-state index contributed by atoms with van der Waals surface area (Å²) in [5.41, 5.74) is 0. The first-order chi connectivity index (χ1) is 6.90. The van der Waals surface area contributed by atoms with E-state index in [9.17, 15) is 0 Å². The van der Waals surface area contributed by atoms with Crippen molar-refractivity contribution in [1.29, 1.82) is 0 Å². The lowest BCUT2D eigenvalue weighted by molar-refractivity contribution is 0.347. The third-order valence-electron chi connectivity index (χ3n) is 3.11. The van der Waals surface area contributed by atoms with E-state index in [0.717, 1.165) is 18.5 Å². The summed E-state index contributed by atoms with van der Waals surface area (Å²) in [4.78, 5) is 1.59. The summed E-state index contributed by atoms with van der Waals surface area (Å²) in [7, 11) is 0. The van der Waals surface area contributed by atoms with Gasteiger partial charge < -0.3 is 5.32 Å².